The van der Waals surface area contributed by atoms with Crippen molar-refractivity contribution in [1.29, 1.82) is 0 Å². The highest BCUT2D eigenvalue weighted by Gasteiger charge is 2.30. The number of rotatable bonds is 5. The summed E-state index contributed by atoms with van der Waals surface area (Å²) in [5.41, 5.74) is 2.79. The topological polar surface area (TPSA) is 99.4 Å². The quantitative estimate of drug-likeness (QED) is 0.362. The van der Waals surface area contributed by atoms with Gasteiger partial charge in [-0.1, -0.05) is 17.4 Å². The van der Waals surface area contributed by atoms with E-state index in [4.69, 9.17) is 4.74 Å². The van der Waals surface area contributed by atoms with Crippen LogP contribution in [0.5, 0.6) is 5.75 Å². The van der Waals surface area contributed by atoms with Crippen molar-refractivity contribution in [2.75, 3.05) is 33.8 Å². The molecule has 0 bridgehead atoms. The van der Waals surface area contributed by atoms with Gasteiger partial charge in [0.2, 0.25) is 0 Å². The summed E-state index contributed by atoms with van der Waals surface area (Å²) in [5, 5.41) is 12.6. The summed E-state index contributed by atoms with van der Waals surface area (Å²) in [6, 6.07) is 8.35. The van der Waals surface area contributed by atoms with Crippen LogP contribution < -0.4 is 10.1 Å². The van der Waals surface area contributed by atoms with Gasteiger partial charge >= 0.3 is 6.09 Å². The molecule has 0 aliphatic carbocycles. The number of likely N-dealkylation sites (tertiary alicyclic amines) is 2. The van der Waals surface area contributed by atoms with Crippen LogP contribution in [-0.2, 0) is 0 Å². The molecule has 0 spiro atoms. The number of imidazole rings is 1. The van der Waals surface area contributed by atoms with Crippen LogP contribution in [0, 0.1) is 5.82 Å². The zero-order chi connectivity index (χ0) is 27.3. The first kappa shape index (κ1) is 25.6. The number of hydrogen-bond donors (Lipinski definition) is 2. The first-order valence-corrected chi connectivity index (χ1v) is 13.9. The third kappa shape index (κ3) is 4.70. The highest BCUT2D eigenvalue weighted by molar-refractivity contribution is 7.23. The smallest absolute Gasteiger partial charge is 0.407 e. The number of carboxylic acid groups (broad SMARTS) is 1. The summed E-state index contributed by atoms with van der Waals surface area (Å²) in [5.74, 6) is -0.121. The number of fused-ring (bicyclic) bond motifs is 3. The number of carbonyl (C=O) groups excluding carboxylic acids is 1. The minimum Gasteiger partial charge on any atom is -0.496 e. The average Bonchev–Trinajstić information content (AvgIpc) is 3.64. The van der Waals surface area contributed by atoms with Gasteiger partial charge in [-0.25, -0.2) is 14.2 Å². The standard InChI is InChI=1S/C28H30FN5O4S/c1-32-10-7-17(8-11-32)30-26(35)19-13-25-23(14-24(19)38-2)34-15-21(31-27(34)39-25)18-6-5-16(12-20(18)29)22-4-3-9-33(22)28(36)37/h5-6,12-15,17,22H,3-4,7-11H2,1-2H3,(H,30,35)(H,36,37)/t22-/m1/s1. The van der Waals surface area contributed by atoms with Gasteiger partial charge in [-0.05, 0) is 69.6 Å². The largest absolute Gasteiger partial charge is 0.496 e. The number of nitrogens with zero attached hydrogens (tertiary/aromatic N) is 4. The van der Waals surface area contributed by atoms with Gasteiger partial charge < -0.3 is 25.0 Å². The van der Waals surface area contributed by atoms with Gasteiger partial charge in [-0.2, -0.15) is 0 Å². The highest BCUT2D eigenvalue weighted by atomic mass is 32.1. The fourth-order valence-electron chi connectivity index (χ4n) is 5.71. The molecule has 0 unspecified atom stereocenters. The predicted molar refractivity (Wildman–Crippen MR) is 147 cm³/mol. The Morgan fingerprint density at radius 2 is 1.95 bits per heavy atom. The molecule has 2 fully saturated rings. The predicted octanol–water partition coefficient (Wildman–Crippen LogP) is 5.00. The van der Waals surface area contributed by atoms with Crippen molar-refractivity contribution in [3.8, 4) is 17.0 Å². The Hall–Kier alpha value is -3.70. The molecule has 0 radical (unpaired) electrons. The van der Waals surface area contributed by atoms with Gasteiger partial charge in [-0.15, -0.1) is 0 Å². The number of amides is 2. The summed E-state index contributed by atoms with van der Waals surface area (Å²) < 4.78 is 23.6. The summed E-state index contributed by atoms with van der Waals surface area (Å²) in [7, 11) is 3.63. The monoisotopic (exact) mass is 551 g/mol. The van der Waals surface area contributed by atoms with E-state index in [-0.39, 0.29) is 18.0 Å². The molecule has 9 nitrogen and oxygen atoms in total. The summed E-state index contributed by atoms with van der Waals surface area (Å²) in [4.78, 5) is 33.6. The minimum atomic E-state index is -0.985. The Labute approximate surface area is 228 Å². The van der Waals surface area contributed by atoms with Crippen molar-refractivity contribution in [3.05, 3.63) is 53.5 Å². The molecule has 2 amide bonds. The minimum absolute atomic E-state index is 0.138. The molecule has 2 aliphatic heterocycles. The molecule has 2 saturated heterocycles. The molecule has 4 aromatic rings. The molecule has 2 N–H and O–H groups in total. The van der Waals surface area contributed by atoms with Crippen LogP contribution in [0.15, 0.2) is 36.5 Å². The van der Waals surface area contributed by atoms with E-state index >= 15 is 4.39 Å². The number of aromatic nitrogens is 2. The number of halogens is 1. The molecule has 39 heavy (non-hydrogen) atoms. The van der Waals surface area contributed by atoms with E-state index in [0.717, 1.165) is 42.6 Å². The van der Waals surface area contributed by atoms with Crippen LogP contribution in [0.4, 0.5) is 9.18 Å². The van der Waals surface area contributed by atoms with Crippen LogP contribution >= 0.6 is 11.3 Å². The number of methoxy groups -OCH3 is 1. The molecule has 1 atom stereocenters. The maximum absolute atomic E-state index is 15.3. The Bertz CT molecular complexity index is 1580. The summed E-state index contributed by atoms with van der Waals surface area (Å²) in [6.45, 7) is 2.37. The number of hydrogen-bond acceptors (Lipinski definition) is 6. The maximum Gasteiger partial charge on any atom is 0.407 e. The number of nitrogens with one attached hydrogen (secondary N) is 1. The van der Waals surface area contributed by atoms with E-state index < -0.39 is 11.9 Å². The van der Waals surface area contributed by atoms with Gasteiger partial charge in [0.15, 0.2) is 4.96 Å². The Morgan fingerprint density at radius 3 is 2.67 bits per heavy atom. The van der Waals surface area contributed by atoms with Crippen molar-refractivity contribution < 1.29 is 23.8 Å². The first-order chi connectivity index (χ1) is 18.8. The van der Waals surface area contributed by atoms with Crippen LogP contribution in [0.25, 0.3) is 26.4 Å². The molecular weight excluding hydrogens is 521 g/mol. The van der Waals surface area contributed by atoms with Gasteiger partial charge in [0.1, 0.15) is 11.6 Å². The van der Waals surface area contributed by atoms with Crippen LogP contribution in [0.3, 0.4) is 0 Å². The fourth-order valence-corrected chi connectivity index (χ4v) is 6.73. The zero-order valence-corrected chi connectivity index (χ0v) is 22.6. The highest BCUT2D eigenvalue weighted by Crippen LogP contribution is 2.37. The number of benzene rings is 2. The number of carbonyl (C=O) groups is 2. The Balaban J connectivity index is 1.29. The summed E-state index contributed by atoms with van der Waals surface area (Å²) >= 11 is 1.42. The first-order valence-electron chi connectivity index (χ1n) is 13.1. The van der Waals surface area contributed by atoms with Crippen LogP contribution in [0.2, 0.25) is 0 Å². The van der Waals surface area contributed by atoms with Gasteiger partial charge in [0.05, 0.1) is 34.6 Å². The molecule has 11 heteroatoms. The Kier molecular flexibility index (Phi) is 6.64. The molecular formula is C28H30FN5O4S. The number of piperidine rings is 1. The molecule has 2 aromatic carbocycles. The third-order valence-electron chi connectivity index (χ3n) is 7.87. The lowest BCUT2D eigenvalue weighted by Crippen LogP contribution is -2.43. The second-order valence-corrected chi connectivity index (χ2v) is 11.3. The van der Waals surface area contributed by atoms with E-state index in [9.17, 15) is 14.7 Å². The lowest BCUT2D eigenvalue weighted by atomic mass is 10.0. The van der Waals surface area contributed by atoms with Crippen molar-refractivity contribution in [3.63, 3.8) is 0 Å². The van der Waals surface area contributed by atoms with Crippen molar-refractivity contribution in [2.45, 2.75) is 37.8 Å². The summed E-state index contributed by atoms with van der Waals surface area (Å²) in [6.07, 6.45) is 4.06. The second-order valence-electron chi connectivity index (χ2n) is 10.3. The van der Waals surface area contributed by atoms with Crippen molar-refractivity contribution in [1.82, 2.24) is 24.5 Å². The van der Waals surface area contributed by atoms with Gasteiger partial charge in [-0.3, -0.25) is 9.20 Å². The maximum atomic E-state index is 15.3. The zero-order valence-electron chi connectivity index (χ0n) is 21.8. The van der Waals surface area contributed by atoms with E-state index in [1.54, 1.807) is 25.4 Å². The van der Waals surface area contributed by atoms with E-state index in [1.165, 1.54) is 22.3 Å². The molecule has 2 aromatic heterocycles. The average molecular weight is 552 g/mol. The van der Waals surface area contributed by atoms with E-state index in [2.05, 4.69) is 22.2 Å². The normalized spacial score (nSPS) is 18.7. The SMILES string of the molecule is COc1cc2c(cc1C(=O)NC1CCN(C)CC1)sc1nc(-c3ccc([C@H]4CCCN4C(=O)O)cc3F)cn12. The lowest BCUT2D eigenvalue weighted by Gasteiger charge is -2.29. The number of ether oxygens (including phenoxy) is 1. The van der Waals surface area contributed by atoms with E-state index in [0.29, 0.717) is 46.1 Å². The third-order valence-corrected chi connectivity index (χ3v) is 8.88. The second kappa shape index (κ2) is 10.1. The molecule has 4 heterocycles. The van der Waals surface area contributed by atoms with E-state index in [1.807, 2.05) is 16.5 Å². The number of thiazole rings is 1. The van der Waals surface area contributed by atoms with Gasteiger partial charge in [0.25, 0.3) is 5.91 Å². The Morgan fingerprint density at radius 1 is 1.15 bits per heavy atom. The lowest BCUT2D eigenvalue weighted by molar-refractivity contribution is 0.0914. The van der Waals surface area contributed by atoms with Crippen LogP contribution in [0.1, 0.15) is 47.6 Å². The van der Waals surface area contributed by atoms with Gasteiger partial charge in [0, 0.05) is 30.4 Å². The molecule has 2 aliphatic rings. The molecule has 0 saturated carbocycles. The van der Waals surface area contributed by atoms with Crippen LogP contribution in [-0.4, -0.2) is 76.1 Å². The van der Waals surface area contributed by atoms with Crippen molar-refractivity contribution >= 4 is 38.5 Å². The fraction of sp³-hybridized carbons (Fsp3) is 0.393. The molecule has 6 rings (SSSR count). The van der Waals surface area contributed by atoms with Crippen molar-refractivity contribution in [2.24, 2.45) is 0 Å². The molecule has 204 valence electrons.